The third kappa shape index (κ3) is 3.31. The maximum atomic E-state index is 12.4. The molecule has 1 saturated heterocycles. The second-order valence-electron chi connectivity index (χ2n) is 7.08. The van der Waals surface area contributed by atoms with Crippen molar-refractivity contribution in [3.05, 3.63) is 0 Å². The first-order valence-corrected chi connectivity index (χ1v) is 7.42. The van der Waals surface area contributed by atoms with E-state index in [1.807, 2.05) is 20.8 Å². The zero-order valence-electron chi connectivity index (χ0n) is 13.3. The summed E-state index contributed by atoms with van der Waals surface area (Å²) < 4.78 is 10.9. The summed E-state index contributed by atoms with van der Waals surface area (Å²) in [6.07, 6.45) is 0.896. The minimum absolute atomic E-state index is 0.184. The van der Waals surface area contributed by atoms with Crippen molar-refractivity contribution in [2.45, 2.75) is 64.3 Å². The summed E-state index contributed by atoms with van der Waals surface area (Å²) in [5, 5.41) is 9.22. The number of ether oxygens (including phenoxy) is 2. The van der Waals surface area contributed by atoms with Gasteiger partial charge in [0.25, 0.3) is 0 Å². The van der Waals surface area contributed by atoms with Crippen LogP contribution in [-0.4, -0.2) is 53.0 Å². The summed E-state index contributed by atoms with van der Waals surface area (Å²) in [5.74, 6) is -1.12. The third-order valence-electron chi connectivity index (χ3n) is 4.28. The molecule has 0 radical (unpaired) electrons. The van der Waals surface area contributed by atoms with Crippen LogP contribution < -0.4 is 0 Å². The Kier molecular flexibility index (Phi) is 4.19. The van der Waals surface area contributed by atoms with E-state index in [1.165, 1.54) is 7.11 Å². The molecule has 0 bridgehead atoms. The molecule has 120 valence electrons. The number of aliphatic carboxylic acids is 1. The monoisotopic (exact) mass is 299 g/mol. The quantitative estimate of drug-likeness (QED) is 0.860. The van der Waals surface area contributed by atoms with Crippen LogP contribution in [0.4, 0.5) is 4.79 Å². The molecule has 2 fully saturated rings. The van der Waals surface area contributed by atoms with Gasteiger partial charge in [0.05, 0.1) is 18.1 Å². The van der Waals surface area contributed by atoms with Crippen LogP contribution in [0.1, 0.15) is 40.5 Å². The lowest BCUT2D eigenvalue weighted by Gasteiger charge is -2.35. The average molecular weight is 299 g/mol. The number of likely N-dealkylation sites (tertiary alicyclic amines) is 1. The number of methoxy groups -OCH3 is 1. The fourth-order valence-electron chi connectivity index (χ4n) is 3.21. The molecule has 1 amide bonds. The van der Waals surface area contributed by atoms with E-state index in [-0.39, 0.29) is 18.2 Å². The van der Waals surface area contributed by atoms with Crippen LogP contribution in [0.25, 0.3) is 0 Å². The number of fused-ring (bicyclic) bond motifs is 1. The first-order chi connectivity index (χ1) is 9.65. The molecule has 21 heavy (non-hydrogen) atoms. The normalized spacial score (nSPS) is 30.5. The van der Waals surface area contributed by atoms with Gasteiger partial charge in [0.1, 0.15) is 5.60 Å². The Morgan fingerprint density at radius 3 is 2.38 bits per heavy atom. The molecule has 5 atom stereocenters. The molecule has 2 unspecified atom stereocenters. The summed E-state index contributed by atoms with van der Waals surface area (Å²) in [4.78, 5) is 25.4. The topological polar surface area (TPSA) is 76.1 Å². The number of carboxylic acids is 1. The van der Waals surface area contributed by atoms with E-state index in [0.717, 1.165) is 12.8 Å². The highest BCUT2D eigenvalue weighted by Gasteiger charge is 2.58. The van der Waals surface area contributed by atoms with E-state index < -0.39 is 23.6 Å². The third-order valence-corrected chi connectivity index (χ3v) is 4.28. The van der Waals surface area contributed by atoms with Gasteiger partial charge in [-0.15, -0.1) is 0 Å². The standard InChI is InChI=1S/C15H25NO5/c1-8(13(17)18)12(20-5)11-7-9-6-10(9)16(11)14(19)21-15(2,3)4/h8-12H,6-7H2,1-5H3,(H,17,18)/t8?,9-,10-,11+,12?/m0/s1. The molecule has 6 nitrogen and oxygen atoms in total. The Balaban J connectivity index is 2.14. The van der Waals surface area contributed by atoms with E-state index in [9.17, 15) is 14.7 Å². The molecule has 1 heterocycles. The predicted molar refractivity (Wildman–Crippen MR) is 76.0 cm³/mol. The van der Waals surface area contributed by atoms with Crippen molar-refractivity contribution in [2.75, 3.05) is 7.11 Å². The number of rotatable bonds is 4. The average Bonchev–Trinajstić information content (AvgIpc) is 2.98. The van der Waals surface area contributed by atoms with Gasteiger partial charge in [-0.1, -0.05) is 0 Å². The predicted octanol–water partition coefficient (Wildman–Crippen LogP) is 2.12. The minimum atomic E-state index is -0.911. The largest absolute Gasteiger partial charge is 0.481 e. The van der Waals surface area contributed by atoms with Crippen LogP contribution >= 0.6 is 0 Å². The van der Waals surface area contributed by atoms with Gasteiger partial charge in [-0.25, -0.2) is 4.79 Å². The van der Waals surface area contributed by atoms with Gasteiger partial charge in [-0.2, -0.15) is 0 Å². The maximum Gasteiger partial charge on any atom is 0.410 e. The van der Waals surface area contributed by atoms with Gasteiger partial charge in [0, 0.05) is 13.2 Å². The molecule has 1 aliphatic carbocycles. The lowest BCUT2D eigenvalue weighted by atomic mass is 9.94. The first-order valence-electron chi connectivity index (χ1n) is 7.42. The lowest BCUT2D eigenvalue weighted by Crippen LogP contribution is -2.50. The molecular formula is C15H25NO5. The van der Waals surface area contributed by atoms with Gasteiger partial charge in [-0.05, 0) is 46.5 Å². The number of piperidine rings is 1. The Morgan fingerprint density at radius 1 is 1.29 bits per heavy atom. The summed E-state index contributed by atoms with van der Waals surface area (Å²) in [5.41, 5.74) is -0.560. The van der Waals surface area contributed by atoms with E-state index in [1.54, 1.807) is 11.8 Å². The van der Waals surface area contributed by atoms with Crippen molar-refractivity contribution in [3.8, 4) is 0 Å². The summed E-state index contributed by atoms with van der Waals surface area (Å²) in [6, 6.07) is -0.0387. The lowest BCUT2D eigenvalue weighted by molar-refractivity contribution is -0.148. The van der Waals surface area contributed by atoms with E-state index in [0.29, 0.717) is 5.92 Å². The number of hydrogen-bond acceptors (Lipinski definition) is 4. The molecule has 0 aromatic carbocycles. The Bertz CT molecular complexity index is 430. The van der Waals surface area contributed by atoms with Crippen molar-refractivity contribution in [2.24, 2.45) is 11.8 Å². The molecule has 2 rings (SSSR count). The zero-order valence-corrected chi connectivity index (χ0v) is 13.3. The van der Waals surface area contributed by atoms with Crippen LogP contribution in [0.2, 0.25) is 0 Å². The Hall–Kier alpha value is -1.30. The zero-order chi connectivity index (χ0) is 15.9. The van der Waals surface area contributed by atoms with Crippen molar-refractivity contribution >= 4 is 12.1 Å². The van der Waals surface area contributed by atoms with Crippen LogP contribution in [0.5, 0.6) is 0 Å². The Labute approximate surface area is 125 Å². The van der Waals surface area contributed by atoms with Gasteiger partial charge in [0.2, 0.25) is 0 Å². The van der Waals surface area contributed by atoms with Gasteiger partial charge >= 0.3 is 12.1 Å². The highest BCUT2D eigenvalue weighted by atomic mass is 16.6. The second kappa shape index (κ2) is 5.48. The first kappa shape index (κ1) is 16.1. The molecule has 1 N–H and O–H groups in total. The van der Waals surface area contributed by atoms with Gasteiger partial charge < -0.3 is 14.6 Å². The molecule has 1 saturated carbocycles. The molecule has 0 spiro atoms. The van der Waals surface area contributed by atoms with Crippen LogP contribution in [0.3, 0.4) is 0 Å². The number of amides is 1. The summed E-state index contributed by atoms with van der Waals surface area (Å²) >= 11 is 0. The number of nitrogens with zero attached hydrogens (tertiary/aromatic N) is 1. The van der Waals surface area contributed by atoms with E-state index in [4.69, 9.17) is 9.47 Å². The molecule has 1 aliphatic heterocycles. The van der Waals surface area contributed by atoms with Crippen LogP contribution in [0.15, 0.2) is 0 Å². The maximum absolute atomic E-state index is 12.4. The van der Waals surface area contributed by atoms with Crippen molar-refractivity contribution < 1.29 is 24.2 Å². The van der Waals surface area contributed by atoms with E-state index >= 15 is 0 Å². The van der Waals surface area contributed by atoms with Gasteiger partial charge in [0.15, 0.2) is 0 Å². The fourth-order valence-corrected chi connectivity index (χ4v) is 3.21. The number of hydrogen-bond donors (Lipinski definition) is 1. The van der Waals surface area contributed by atoms with Crippen molar-refractivity contribution in [3.63, 3.8) is 0 Å². The Morgan fingerprint density at radius 2 is 1.90 bits per heavy atom. The molecule has 0 aromatic rings. The second-order valence-corrected chi connectivity index (χ2v) is 7.08. The van der Waals surface area contributed by atoms with Crippen LogP contribution in [-0.2, 0) is 14.3 Å². The molecular weight excluding hydrogens is 274 g/mol. The SMILES string of the molecule is COC(C(C)C(=O)O)[C@H]1C[C@@H]2C[C@@H]2N1C(=O)OC(C)(C)C. The highest BCUT2D eigenvalue weighted by molar-refractivity contribution is 5.72. The number of carboxylic acid groups (broad SMARTS) is 1. The number of carbonyl (C=O) groups excluding carboxylic acids is 1. The number of carbonyl (C=O) groups is 2. The fraction of sp³-hybridized carbons (Fsp3) is 0.867. The smallest absolute Gasteiger partial charge is 0.410 e. The molecule has 6 heteroatoms. The van der Waals surface area contributed by atoms with Crippen molar-refractivity contribution in [1.29, 1.82) is 0 Å². The molecule has 0 aromatic heterocycles. The van der Waals surface area contributed by atoms with Gasteiger partial charge in [-0.3, -0.25) is 9.69 Å². The van der Waals surface area contributed by atoms with E-state index in [2.05, 4.69) is 0 Å². The summed E-state index contributed by atoms with van der Waals surface area (Å²) in [7, 11) is 1.50. The van der Waals surface area contributed by atoms with Crippen LogP contribution in [0, 0.1) is 11.8 Å². The highest BCUT2D eigenvalue weighted by Crippen LogP contribution is 2.50. The minimum Gasteiger partial charge on any atom is -0.481 e. The molecule has 2 aliphatic rings. The van der Waals surface area contributed by atoms with Crippen molar-refractivity contribution in [1.82, 2.24) is 4.90 Å². The summed E-state index contributed by atoms with van der Waals surface area (Å²) in [6.45, 7) is 7.10.